The van der Waals surface area contributed by atoms with E-state index >= 15 is 0 Å². The van der Waals surface area contributed by atoms with Gasteiger partial charge in [-0.15, -0.1) is 21.8 Å². The summed E-state index contributed by atoms with van der Waals surface area (Å²) in [6, 6.07) is 8.48. The third-order valence-electron chi connectivity index (χ3n) is 2.61. The van der Waals surface area contributed by atoms with E-state index in [1.165, 1.54) is 5.56 Å². The Morgan fingerprint density at radius 1 is 1.06 bits per heavy atom. The zero-order valence-electron chi connectivity index (χ0n) is 10.1. The van der Waals surface area contributed by atoms with Crippen LogP contribution in [0.25, 0.3) is 10.6 Å². The largest absolute Gasteiger partial charge is 0.147 e. The van der Waals surface area contributed by atoms with Gasteiger partial charge in [0.1, 0.15) is 10.0 Å². The number of halogens is 1. The zero-order chi connectivity index (χ0) is 12.4. The van der Waals surface area contributed by atoms with E-state index in [1.807, 2.05) is 6.92 Å². The van der Waals surface area contributed by atoms with Crippen LogP contribution in [0.2, 0.25) is 0 Å². The first-order valence-electron chi connectivity index (χ1n) is 5.65. The highest BCUT2D eigenvalue weighted by atomic mass is 35.5. The van der Waals surface area contributed by atoms with Crippen LogP contribution in [0.5, 0.6) is 0 Å². The summed E-state index contributed by atoms with van der Waals surface area (Å²) in [7, 11) is 0. The molecule has 4 heteroatoms. The topological polar surface area (TPSA) is 25.8 Å². The quantitative estimate of drug-likeness (QED) is 0.757. The van der Waals surface area contributed by atoms with Crippen LogP contribution < -0.4 is 0 Å². The molecule has 1 aromatic carbocycles. The fourth-order valence-corrected chi connectivity index (χ4v) is 2.48. The smallest absolute Gasteiger partial charge is 0.142 e. The minimum absolute atomic E-state index is 0.0730. The van der Waals surface area contributed by atoms with Gasteiger partial charge in [-0.05, 0) is 18.4 Å². The molecule has 2 nitrogen and oxygen atoms in total. The predicted molar refractivity (Wildman–Crippen MR) is 73.7 cm³/mol. The van der Waals surface area contributed by atoms with Gasteiger partial charge < -0.3 is 0 Å². The Bertz CT molecular complexity index is 488. The summed E-state index contributed by atoms with van der Waals surface area (Å²) in [5.41, 5.74) is 2.44. The number of aromatic nitrogens is 2. The molecule has 0 amide bonds. The number of rotatable bonds is 3. The average molecular weight is 267 g/mol. The number of hydrogen-bond acceptors (Lipinski definition) is 3. The summed E-state index contributed by atoms with van der Waals surface area (Å²) in [5.74, 6) is 0.553. The highest BCUT2D eigenvalue weighted by Crippen LogP contribution is 2.29. The Balaban J connectivity index is 2.27. The van der Waals surface area contributed by atoms with Crippen LogP contribution in [0, 0.1) is 0 Å². The molecule has 0 N–H and O–H groups in total. The number of hydrogen-bond donors (Lipinski definition) is 0. The van der Waals surface area contributed by atoms with Gasteiger partial charge >= 0.3 is 0 Å². The molecule has 2 aromatic rings. The fourth-order valence-electron chi connectivity index (χ4n) is 1.52. The van der Waals surface area contributed by atoms with Gasteiger partial charge in [-0.3, -0.25) is 0 Å². The normalized spacial score (nSPS) is 13.0. The Labute approximate surface area is 111 Å². The van der Waals surface area contributed by atoms with Crippen LogP contribution in [0.4, 0.5) is 0 Å². The van der Waals surface area contributed by atoms with Gasteiger partial charge in [0.25, 0.3) is 0 Å². The van der Waals surface area contributed by atoms with Crippen LogP contribution in [-0.4, -0.2) is 10.2 Å². The third-order valence-corrected chi connectivity index (χ3v) is 4.10. The first kappa shape index (κ1) is 12.5. The molecule has 0 radical (unpaired) electrons. The lowest BCUT2D eigenvalue weighted by Gasteiger charge is -2.04. The summed E-state index contributed by atoms with van der Waals surface area (Å²) in [4.78, 5) is 0. The molecule has 1 aromatic heterocycles. The average Bonchev–Trinajstić information content (AvgIpc) is 2.78. The Morgan fingerprint density at radius 2 is 1.71 bits per heavy atom. The molecule has 0 fully saturated rings. The molecule has 0 saturated heterocycles. The number of benzene rings is 1. The van der Waals surface area contributed by atoms with Crippen LogP contribution in [0.15, 0.2) is 24.3 Å². The van der Waals surface area contributed by atoms with E-state index in [4.69, 9.17) is 11.6 Å². The second-order valence-corrected chi connectivity index (χ2v) is 6.00. The van der Waals surface area contributed by atoms with Crippen LogP contribution in [-0.2, 0) is 0 Å². The molecule has 90 valence electrons. The van der Waals surface area contributed by atoms with Crippen molar-refractivity contribution in [3.05, 3.63) is 34.8 Å². The predicted octanol–water partition coefficient (Wildman–Crippen LogP) is 4.63. The van der Waals surface area contributed by atoms with Gasteiger partial charge in [-0.25, -0.2) is 0 Å². The lowest BCUT2D eigenvalue weighted by atomic mass is 10.0. The highest BCUT2D eigenvalue weighted by Gasteiger charge is 2.10. The van der Waals surface area contributed by atoms with E-state index in [2.05, 4.69) is 48.3 Å². The Kier molecular flexibility index (Phi) is 3.79. The Hall–Kier alpha value is -0.930. The number of nitrogens with zero attached hydrogens (tertiary/aromatic N) is 2. The van der Waals surface area contributed by atoms with E-state index in [0.717, 1.165) is 15.6 Å². The van der Waals surface area contributed by atoms with Crippen molar-refractivity contribution in [1.29, 1.82) is 0 Å². The van der Waals surface area contributed by atoms with Crippen LogP contribution in [0.3, 0.4) is 0 Å². The van der Waals surface area contributed by atoms with Gasteiger partial charge in [-0.1, -0.05) is 49.4 Å². The van der Waals surface area contributed by atoms with E-state index in [0.29, 0.717) is 5.92 Å². The summed E-state index contributed by atoms with van der Waals surface area (Å²) in [6.07, 6.45) is 0. The SMILES string of the molecule is CC(C)c1ccc(-c2nnc(C(C)Cl)s2)cc1. The summed E-state index contributed by atoms with van der Waals surface area (Å²) >= 11 is 7.53. The second-order valence-electron chi connectivity index (χ2n) is 4.34. The van der Waals surface area contributed by atoms with E-state index in [1.54, 1.807) is 11.3 Å². The molecule has 1 unspecified atom stereocenters. The van der Waals surface area contributed by atoms with Crippen molar-refractivity contribution >= 4 is 22.9 Å². The minimum atomic E-state index is -0.0730. The molecule has 0 spiro atoms. The van der Waals surface area contributed by atoms with Crippen LogP contribution in [0.1, 0.15) is 42.6 Å². The molecule has 0 aliphatic heterocycles. The molecule has 0 saturated carbocycles. The van der Waals surface area contributed by atoms with Crippen molar-refractivity contribution in [1.82, 2.24) is 10.2 Å². The summed E-state index contributed by atoms with van der Waals surface area (Å²) in [6.45, 7) is 6.29. The van der Waals surface area contributed by atoms with Crippen LogP contribution >= 0.6 is 22.9 Å². The molecular formula is C13H15ClN2S. The number of alkyl halides is 1. The lowest BCUT2D eigenvalue weighted by molar-refractivity contribution is 0.867. The van der Waals surface area contributed by atoms with E-state index in [-0.39, 0.29) is 5.38 Å². The van der Waals surface area contributed by atoms with Crippen molar-refractivity contribution in [2.24, 2.45) is 0 Å². The summed E-state index contributed by atoms with van der Waals surface area (Å²) < 4.78 is 0. The highest BCUT2D eigenvalue weighted by molar-refractivity contribution is 7.15. The zero-order valence-corrected chi connectivity index (χ0v) is 11.7. The lowest BCUT2D eigenvalue weighted by Crippen LogP contribution is -1.86. The molecule has 2 rings (SSSR count). The van der Waals surface area contributed by atoms with Crippen molar-refractivity contribution in [2.45, 2.75) is 32.1 Å². The molecular weight excluding hydrogens is 252 g/mol. The maximum atomic E-state index is 5.98. The second kappa shape index (κ2) is 5.15. The van der Waals surface area contributed by atoms with Gasteiger partial charge in [0.15, 0.2) is 0 Å². The Morgan fingerprint density at radius 3 is 2.18 bits per heavy atom. The standard InChI is InChI=1S/C13H15ClN2S/c1-8(2)10-4-6-11(7-5-10)13-16-15-12(17-13)9(3)14/h4-9H,1-3H3. The molecule has 0 bridgehead atoms. The fraction of sp³-hybridized carbons (Fsp3) is 0.385. The van der Waals surface area contributed by atoms with Gasteiger partial charge in [0.2, 0.25) is 0 Å². The molecule has 0 aliphatic carbocycles. The molecule has 1 heterocycles. The van der Waals surface area contributed by atoms with Crippen molar-refractivity contribution in [2.75, 3.05) is 0 Å². The first-order chi connectivity index (χ1) is 8.08. The summed E-state index contributed by atoms with van der Waals surface area (Å²) in [5, 5.41) is 9.98. The van der Waals surface area contributed by atoms with E-state index in [9.17, 15) is 0 Å². The van der Waals surface area contributed by atoms with Crippen molar-refractivity contribution in [3.63, 3.8) is 0 Å². The van der Waals surface area contributed by atoms with Crippen molar-refractivity contribution < 1.29 is 0 Å². The first-order valence-corrected chi connectivity index (χ1v) is 6.91. The maximum Gasteiger partial charge on any atom is 0.147 e. The molecule has 17 heavy (non-hydrogen) atoms. The van der Waals surface area contributed by atoms with Gasteiger partial charge in [0.05, 0.1) is 5.38 Å². The third kappa shape index (κ3) is 2.85. The molecule has 1 atom stereocenters. The molecule has 0 aliphatic rings. The van der Waals surface area contributed by atoms with Gasteiger partial charge in [-0.2, -0.15) is 0 Å². The maximum absolute atomic E-state index is 5.98. The van der Waals surface area contributed by atoms with Crippen molar-refractivity contribution in [3.8, 4) is 10.6 Å². The van der Waals surface area contributed by atoms with E-state index < -0.39 is 0 Å². The van der Waals surface area contributed by atoms with Gasteiger partial charge in [0, 0.05) is 5.56 Å². The monoisotopic (exact) mass is 266 g/mol. The minimum Gasteiger partial charge on any atom is -0.142 e.